The number of thiophene rings is 1. The van der Waals surface area contributed by atoms with Crippen molar-refractivity contribution in [3.05, 3.63) is 75.0 Å². The maximum atomic E-state index is 12.5. The Morgan fingerprint density at radius 3 is 2.59 bits per heavy atom. The Bertz CT molecular complexity index is 1070. The number of rotatable bonds is 11. The highest BCUT2D eigenvalue weighted by Gasteiger charge is 2.27. The van der Waals surface area contributed by atoms with Gasteiger partial charge in [-0.05, 0) is 47.4 Å². The lowest BCUT2D eigenvalue weighted by atomic mass is 9.89. The maximum absolute atomic E-state index is 12.5. The minimum atomic E-state index is -0.897. The second-order valence-corrected chi connectivity index (χ2v) is 9.46. The van der Waals surface area contributed by atoms with Gasteiger partial charge in [0.1, 0.15) is 5.82 Å². The SMILES string of the molecule is CCCCc1ncc(/C(=C(\C(=O)O)c2cccs2)C(C)CCC)n1Cc1ccccc1Cl. The van der Waals surface area contributed by atoms with Crippen molar-refractivity contribution in [1.82, 2.24) is 9.55 Å². The molecule has 0 spiro atoms. The van der Waals surface area contributed by atoms with Crippen LogP contribution in [0.4, 0.5) is 0 Å². The Labute approximate surface area is 199 Å². The zero-order valence-electron chi connectivity index (χ0n) is 19.0. The highest BCUT2D eigenvalue weighted by molar-refractivity contribution is 7.11. The summed E-state index contributed by atoms with van der Waals surface area (Å²) in [6.07, 6.45) is 6.68. The number of hydrogen-bond acceptors (Lipinski definition) is 3. The molecule has 170 valence electrons. The van der Waals surface area contributed by atoms with Gasteiger partial charge in [0.2, 0.25) is 0 Å². The smallest absolute Gasteiger partial charge is 0.337 e. The number of carboxylic acids is 1. The predicted molar refractivity (Wildman–Crippen MR) is 134 cm³/mol. The van der Waals surface area contributed by atoms with Gasteiger partial charge in [0, 0.05) is 16.3 Å². The number of halogens is 1. The van der Waals surface area contributed by atoms with Crippen LogP contribution in [0, 0.1) is 5.92 Å². The van der Waals surface area contributed by atoms with Crippen molar-refractivity contribution >= 4 is 40.1 Å². The number of hydrogen-bond donors (Lipinski definition) is 1. The number of allylic oxidation sites excluding steroid dienone is 1. The summed E-state index contributed by atoms with van der Waals surface area (Å²) in [5.41, 5.74) is 3.11. The molecule has 0 saturated carbocycles. The summed E-state index contributed by atoms with van der Waals surface area (Å²) in [7, 11) is 0. The summed E-state index contributed by atoms with van der Waals surface area (Å²) in [4.78, 5) is 18.1. The molecule has 1 aromatic carbocycles. The number of imidazole rings is 1. The molecule has 0 aliphatic heterocycles. The monoisotopic (exact) mass is 470 g/mol. The number of unbranched alkanes of at least 4 members (excludes halogenated alkanes) is 1. The van der Waals surface area contributed by atoms with Gasteiger partial charge in [0.15, 0.2) is 0 Å². The maximum Gasteiger partial charge on any atom is 0.337 e. The minimum Gasteiger partial charge on any atom is -0.478 e. The third-order valence-electron chi connectivity index (χ3n) is 5.72. The molecule has 0 saturated heterocycles. The summed E-state index contributed by atoms with van der Waals surface area (Å²) in [5, 5.41) is 12.9. The molecule has 0 radical (unpaired) electrons. The van der Waals surface area contributed by atoms with Gasteiger partial charge < -0.3 is 9.67 Å². The van der Waals surface area contributed by atoms with Gasteiger partial charge in [-0.15, -0.1) is 11.3 Å². The van der Waals surface area contributed by atoms with E-state index in [1.165, 1.54) is 11.3 Å². The zero-order chi connectivity index (χ0) is 23.1. The molecule has 0 aliphatic rings. The highest BCUT2D eigenvalue weighted by atomic mass is 35.5. The molecule has 32 heavy (non-hydrogen) atoms. The molecule has 1 unspecified atom stereocenters. The number of aryl methyl sites for hydroxylation is 1. The van der Waals surface area contributed by atoms with Crippen LogP contribution in [0.5, 0.6) is 0 Å². The van der Waals surface area contributed by atoms with E-state index in [0.29, 0.717) is 17.1 Å². The third-order valence-corrected chi connectivity index (χ3v) is 6.98. The second-order valence-electron chi connectivity index (χ2n) is 8.10. The zero-order valence-corrected chi connectivity index (χ0v) is 20.5. The van der Waals surface area contributed by atoms with Crippen LogP contribution in [0.2, 0.25) is 5.02 Å². The van der Waals surface area contributed by atoms with Crippen molar-refractivity contribution in [2.24, 2.45) is 5.92 Å². The Morgan fingerprint density at radius 1 is 1.19 bits per heavy atom. The normalized spacial score (nSPS) is 13.1. The molecule has 2 heterocycles. The minimum absolute atomic E-state index is 0.0777. The van der Waals surface area contributed by atoms with E-state index in [4.69, 9.17) is 16.6 Å². The first-order valence-corrected chi connectivity index (χ1v) is 12.5. The van der Waals surface area contributed by atoms with E-state index in [1.807, 2.05) is 48.0 Å². The van der Waals surface area contributed by atoms with Crippen molar-refractivity contribution in [2.45, 2.75) is 59.4 Å². The van der Waals surface area contributed by atoms with Crippen molar-refractivity contribution in [3.63, 3.8) is 0 Å². The fraction of sp³-hybridized carbons (Fsp3) is 0.385. The largest absolute Gasteiger partial charge is 0.478 e. The van der Waals surface area contributed by atoms with Crippen molar-refractivity contribution in [1.29, 1.82) is 0 Å². The Hall–Kier alpha value is -2.37. The molecule has 0 aliphatic carbocycles. The molecule has 1 atom stereocenters. The lowest BCUT2D eigenvalue weighted by molar-refractivity contribution is -0.130. The predicted octanol–water partition coefficient (Wildman–Crippen LogP) is 7.42. The second kappa shape index (κ2) is 11.5. The Kier molecular flexibility index (Phi) is 8.71. The highest BCUT2D eigenvalue weighted by Crippen LogP contribution is 2.37. The number of aliphatic carboxylic acids is 1. The standard InChI is InChI=1S/C26H31ClN2O2S/c1-4-6-14-23-28-16-21(29(23)17-19-11-7-8-12-20(19)27)24(18(3)10-5-2)25(26(30)31)22-13-9-15-32-22/h7-9,11-13,15-16,18H,4-6,10,14,17H2,1-3H3,(H,30,31)/b25-24-. The number of carbonyl (C=O) groups is 1. The van der Waals surface area contributed by atoms with Crippen LogP contribution >= 0.6 is 22.9 Å². The summed E-state index contributed by atoms with van der Waals surface area (Å²) in [6, 6.07) is 11.6. The van der Waals surface area contributed by atoms with Gasteiger partial charge in [-0.25, -0.2) is 9.78 Å². The molecule has 0 fully saturated rings. The molecule has 3 rings (SSSR count). The molecule has 1 N–H and O–H groups in total. The van der Waals surface area contributed by atoms with Crippen LogP contribution in [0.3, 0.4) is 0 Å². The fourth-order valence-electron chi connectivity index (χ4n) is 4.12. The van der Waals surface area contributed by atoms with Gasteiger partial charge >= 0.3 is 5.97 Å². The van der Waals surface area contributed by atoms with E-state index in [1.54, 1.807) is 0 Å². The lowest BCUT2D eigenvalue weighted by Crippen LogP contribution is -2.14. The van der Waals surface area contributed by atoms with Crippen LogP contribution in [0.1, 0.15) is 68.4 Å². The number of aromatic nitrogens is 2. The molecule has 2 aromatic heterocycles. The average Bonchev–Trinajstić information content (AvgIpc) is 3.42. The topological polar surface area (TPSA) is 55.1 Å². The summed E-state index contributed by atoms with van der Waals surface area (Å²) in [5.74, 6) is 0.152. The van der Waals surface area contributed by atoms with Gasteiger partial charge in [0.25, 0.3) is 0 Å². The van der Waals surface area contributed by atoms with Crippen molar-refractivity contribution in [2.75, 3.05) is 0 Å². The quantitative estimate of drug-likeness (QED) is 0.296. The van der Waals surface area contributed by atoms with E-state index in [9.17, 15) is 9.90 Å². The first kappa shape index (κ1) is 24.3. The lowest BCUT2D eigenvalue weighted by Gasteiger charge is -2.21. The van der Waals surface area contributed by atoms with Crippen LogP contribution in [0.25, 0.3) is 11.1 Å². The van der Waals surface area contributed by atoms with Gasteiger partial charge in [0.05, 0.1) is 24.0 Å². The molecular weight excluding hydrogens is 440 g/mol. The van der Waals surface area contributed by atoms with Crippen LogP contribution in [-0.2, 0) is 17.8 Å². The molecule has 4 nitrogen and oxygen atoms in total. The molecule has 6 heteroatoms. The fourth-order valence-corrected chi connectivity index (χ4v) is 5.09. The number of carboxylic acid groups (broad SMARTS) is 1. The summed E-state index contributed by atoms with van der Waals surface area (Å²) < 4.78 is 2.18. The van der Waals surface area contributed by atoms with Gasteiger partial charge in [-0.3, -0.25) is 0 Å². The first-order valence-electron chi connectivity index (χ1n) is 11.3. The number of nitrogens with zero attached hydrogens (tertiary/aromatic N) is 2. The number of benzene rings is 1. The van der Waals surface area contributed by atoms with E-state index < -0.39 is 5.97 Å². The van der Waals surface area contributed by atoms with E-state index in [2.05, 4.69) is 25.3 Å². The third kappa shape index (κ3) is 5.51. The Balaban J connectivity index is 2.24. The first-order chi connectivity index (χ1) is 15.5. The summed E-state index contributed by atoms with van der Waals surface area (Å²) in [6.45, 7) is 6.98. The van der Waals surface area contributed by atoms with Crippen LogP contribution in [-0.4, -0.2) is 20.6 Å². The van der Waals surface area contributed by atoms with Crippen LogP contribution < -0.4 is 0 Å². The van der Waals surface area contributed by atoms with Crippen molar-refractivity contribution < 1.29 is 9.90 Å². The molecule has 3 aromatic rings. The van der Waals surface area contributed by atoms with Gasteiger partial charge in [-0.1, -0.05) is 69.5 Å². The van der Waals surface area contributed by atoms with E-state index in [0.717, 1.165) is 59.6 Å². The van der Waals surface area contributed by atoms with E-state index >= 15 is 0 Å². The van der Waals surface area contributed by atoms with Crippen LogP contribution in [0.15, 0.2) is 48.0 Å². The average molecular weight is 471 g/mol. The molecule has 0 amide bonds. The van der Waals surface area contributed by atoms with E-state index in [-0.39, 0.29) is 5.92 Å². The molecule has 0 bridgehead atoms. The Morgan fingerprint density at radius 2 is 1.97 bits per heavy atom. The van der Waals surface area contributed by atoms with Crippen molar-refractivity contribution in [3.8, 4) is 0 Å². The molecular formula is C26H31ClN2O2S. The van der Waals surface area contributed by atoms with Gasteiger partial charge in [-0.2, -0.15) is 0 Å². The summed E-state index contributed by atoms with van der Waals surface area (Å²) >= 11 is 7.96.